The lowest BCUT2D eigenvalue weighted by atomic mass is 9.91. The molecule has 0 unspecified atom stereocenters. The van der Waals surface area contributed by atoms with Crippen LogP contribution in [0, 0.1) is 11.8 Å². The Morgan fingerprint density at radius 2 is 1.74 bits per heavy atom. The average molecular weight is 379 g/mol. The van der Waals surface area contributed by atoms with Gasteiger partial charge in [-0.05, 0) is 61.6 Å². The molecule has 5 rings (SSSR count). The van der Waals surface area contributed by atoms with Crippen molar-refractivity contribution in [1.29, 1.82) is 0 Å². The maximum Gasteiger partial charge on any atom is 0.163 e. The molecule has 3 aromatic heterocycles. The zero-order valence-corrected chi connectivity index (χ0v) is 16.9. The van der Waals surface area contributed by atoms with Crippen LogP contribution in [0.4, 0.5) is 5.82 Å². The van der Waals surface area contributed by atoms with Crippen LogP contribution >= 0.6 is 11.3 Å². The van der Waals surface area contributed by atoms with E-state index in [1.165, 1.54) is 58.6 Å². The van der Waals surface area contributed by atoms with Crippen LogP contribution in [0.3, 0.4) is 0 Å². The van der Waals surface area contributed by atoms with Gasteiger partial charge in [0.25, 0.3) is 0 Å². The third kappa shape index (κ3) is 3.12. The highest BCUT2D eigenvalue weighted by molar-refractivity contribution is 7.19. The van der Waals surface area contributed by atoms with Gasteiger partial charge in [0.15, 0.2) is 5.82 Å². The number of nitrogens with zero attached hydrogens (tertiary/aromatic N) is 4. The van der Waals surface area contributed by atoms with Crippen molar-refractivity contribution in [3.05, 3.63) is 35.0 Å². The van der Waals surface area contributed by atoms with Gasteiger partial charge < -0.3 is 4.90 Å². The van der Waals surface area contributed by atoms with E-state index in [1.807, 2.05) is 35.9 Å². The third-order valence-corrected chi connectivity index (χ3v) is 7.09. The molecule has 140 valence electrons. The van der Waals surface area contributed by atoms with Crippen LogP contribution in [0.5, 0.6) is 0 Å². The van der Waals surface area contributed by atoms with Crippen LogP contribution in [0.2, 0.25) is 0 Å². The first-order valence-corrected chi connectivity index (χ1v) is 11.0. The summed E-state index contributed by atoms with van der Waals surface area (Å²) in [6, 6.07) is 4.03. The zero-order valence-electron chi connectivity index (χ0n) is 16.1. The maximum atomic E-state index is 5.14. The van der Waals surface area contributed by atoms with Gasteiger partial charge in [0.05, 0.1) is 5.39 Å². The molecular formula is C22H26N4S. The van der Waals surface area contributed by atoms with Crippen LogP contribution in [0.25, 0.3) is 21.6 Å². The van der Waals surface area contributed by atoms with Gasteiger partial charge >= 0.3 is 0 Å². The highest BCUT2D eigenvalue weighted by Crippen LogP contribution is 2.41. The minimum absolute atomic E-state index is 0.706. The van der Waals surface area contributed by atoms with Crippen molar-refractivity contribution >= 4 is 27.4 Å². The van der Waals surface area contributed by atoms with Gasteiger partial charge in [0.2, 0.25) is 0 Å². The molecule has 27 heavy (non-hydrogen) atoms. The van der Waals surface area contributed by atoms with Gasteiger partial charge in [-0.25, -0.2) is 9.97 Å². The van der Waals surface area contributed by atoms with Crippen LogP contribution in [0.15, 0.2) is 24.5 Å². The maximum absolute atomic E-state index is 5.14. The summed E-state index contributed by atoms with van der Waals surface area (Å²) in [4.78, 5) is 19.5. The predicted molar refractivity (Wildman–Crippen MR) is 112 cm³/mol. The minimum atomic E-state index is 0.706. The molecule has 2 atom stereocenters. The second kappa shape index (κ2) is 6.86. The topological polar surface area (TPSA) is 41.9 Å². The van der Waals surface area contributed by atoms with E-state index in [0.29, 0.717) is 11.8 Å². The summed E-state index contributed by atoms with van der Waals surface area (Å²) in [5.41, 5.74) is 2.58. The second-order valence-electron chi connectivity index (χ2n) is 8.35. The number of hydrogen-bond acceptors (Lipinski definition) is 5. The van der Waals surface area contributed by atoms with Crippen LogP contribution in [-0.4, -0.2) is 28.0 Å². The molecule has 1 saturated heterocycles. The fourth-order valence-electron chi connectivity index (χ4n) is 4.83. The second-order valence-corrected chi connectivity index (χ2v) is 9.43. The molecule has 1 fully saturated rings. The van der Waals surface area contributed by atoms with Crippen LogP contribution in [-0.2, 0) is 12.8 Å². The molecule has 2 aliphatic rings. The lowest BCUT2D eigenvalue weighted by Crippen LogP contribution is -2.39. The number of thiophene rings is 1. The number of fused-ring (bicyclic) bond motifs is 3. The molecule has 0 radical (unpaired) electrons. The molecule has 1 aliphatic carbocycles. The largest absolute Gasteiger partial charge is 0.355 e. The summed E-state index contributed by atoms with van der Waals surface area (Å²) in [6.07, 6.45) is 9.94. The Kier molecular flexibility index (Phi) is 4.35. The third-order valence-electron chi connectivity index (χ3n) is 5.90. The first kappa shape index (κ1) is 17.1. The van der Waals surface area contributed by atoms with Gasteiger partial charge in [-0.1, -0.05) is 13.8 Å². The molecule has 3 aromatic rings. The van der Waals surface area contributed by atoms with Crippen molar-refractivity contribution in [1.82, 2.24) is 15.0 Å². The summed E-state index contributed by atoms with van der Waals surface area (Å²) in [6.45, 7) is 6.93. The van der Waals surface area contributed by atoms with Gasteiger partial charge in [-0.3, -0.25) is 4.98 Å². The van der Waals surface area contributed by atoms with E-state index in [1.54, 1.807) is 0 Å². The number of hydrogen-bond donors (Lipinski definition) is 0. The number of anilines is 1. The Balaban J connectivity index is 1.71. The Hall–Kier alpha value is -2.01. The average Bonchev–Trinajstić information content (AvgIpc) is 3.05. The summed E-state index contributed by atoms with van der Waals surface area (Å²) < 4.78 is 0. The van der Waals surface area contributed by atoms with Crippen molar-refractivity contribution in [2.24, 2.45) is 11.8 Å². The number of aryl methyl sites for hydroxylation is 2. The SMILES string of the molecule is C[C@@H]1C[C@H](C)CN(c2nc(-c3ccncc3)nc3sc4c(c23)CCCC4)C1. The predicted octanol–water partition coefficient (Wildman–Crippen LogP) is 5.11. The summed E-state index contributed by atoms with van der Waals surface area (Å²) >= 11 is 1.89. The fraction of sp³-hybridized carbons (Fsp3) is 0.500. The first-order chi connectivity index (χ1) is 13.2. The molecule has 4 heterocycles. The molecule has 0 bridgehead atoms. The number of rotatable bonds is 2. The fourth-order valence-corrected chi connectivity index (χ4v) is 6.09. The van der Waals surface area contributed by atoms with Crippen molar-refractivity contribution in [3.8, 4) is 11.4 Å². The smallest absolute Gasteiger partial charge is 0.163 e. The van der Waals surface area contributed by atoms with Crippen LogP contribution in [0.1, 0.15) is 43.6 Å². The molecule has 4 nitrogen and oxygen atoms in total. The van der Waals surface area contributed by atoms with Gasteiger partial charge in [0, 0.05) is 35.9 Å². The summed E-state index contributed by atoms with van der Waals surface area (Å²) in [5, 5.41) is 1.34. The molecular weight excluding hydrogens is 352 g/mol. The van der Waals surface area contributed by atoms with E-state index in [0.717, 1.165) is 24.5 Å². The summed E-state index contributed by atoms with van der Waals surface area (Å²) in [7, 11) is 0. The van der Waals surface area contributed by atoms with E-state index in [4.69, 9.17) is 9.97 Å². The van der Waals surface area contributed by atoms with E-state index >= 15 is 0 Å². The van der Waals surface area contributed by atoms with Gasteiger partial charge in [0.1, 0.15) is 10.6 Å². The van der Waals surface area contributed by atoms with Crippen molar-refractivity contribution in [3.63, 3.8) is 0 Å². The lowest BCUT2D eigenvalue weighted by Gasteiger charge is -2.36. The standard InChI is InChI=1S/C22H26N4S/c1-14-11-15(2)13-26(12-14)21-19-17-5-3-4-6-18(17)27-22(19)25-20(24-21)16-7-9-23-10-8-16/h7-10,14-15H,3-6,11-13H2,1-2H3/t14-,15+. The molecule has 0 spiro atoms. The lowest BCUT2D eigenvalue weighted by molar-refractivity contribution is 0.356. The van der Waals surface area contributed by atoms with E-state index in [2.05, 4.69) is 23.7 Å². The van der Waals surface area contributed by atoms with Crippen molar-refractivity contribution < 1.29 is 0 Å². The molecule has 0 saturated carbocycles. The monoisotopic (exact) mass is 378 g/mol. The summed E-state index contributed by atoms with van der Waals surface area (Å²) in [5.74, 6) is 3.42. The Labute approximate surface area is 164 Å². The van der Waals surface area contributed by atoms with Crippen molar-refractivity contribution in [2.45, 2.75) is 46.0 Å². The van der Waals surface area contributed by atoms with E-state index < -0.39 is 0 Å². The van der Waals surface area contributed by atoms with Crippen molar-refractivity contribution in [2.75, 3.05) is 18.0 Å². The van der Waals surface area contributed by atoms with E-state index in [9.17, 15) is 0 Å². The Morgan fingerprint density at radius 1 is 1.00 bits per heavy atom. The molecule has 0 N–H and O–H groups in total. The Bertz CT molecular complexity index is 955. The molecule has 5 heteroatoms. The molecule has 1 aliphatic heterocycles. The quantitative estimate of drug-likeness (QED) is 0.621. The molecule has 0 aromatic carbocycles. The first-order valence-electron chi connectivity index (χ1n) is 10.2. The van der Waals surface area contributed by atoms with Gasteiger partial charge in [-0.15, -0.1) is 11.3 Å². The molecule has 0 amide bonds. The number of aromatic nitrogens is 3. The normalized spacial score (nSPS) is 22.8. The number of pyridine rings is 1. The highest BCUT2D eigenvalue weighted by Gasteiger charge is 2.28. The Morgan fingerprint density at radius 3 is 2.52 bits per heavy atom. The van der Waals surface area contributed by atoms with Gasteiger partial charge in [-0.2, -0.15) is 0 Å². The zero-order chi connectivity index (χ0) is 18.4. The van der Waals surface area contributed by atoms with Crippen LogP contribution < -0.4 is 4.90 Å². The minimum Gasteiger partial charge on any atom is -0.355 e. The number of piperidine rings is 1. The van der Waals surface area contributed by atoms with E-state index in [-0.39, 0.29) is 0 Å². The highest BCUT2D eigenvalue weighted by atomic mass is 32.1.